The first-order valence-corrected chi connectivity index (χ1v) is 7.34. The number of hydrogen-bond donors (Lipinski definition) is 1. The topological polar surface area (TPSA) is 90.9 Å². The van der Waals surface area contributed by atoms with E-state index in [1.165, 1.54) is 0 Å². The lowest BCUT2D eigenvalue weighted by molar-refractivity contribution is 0.0473. The van der Waals surface area contributed by atoms with Crippen LogP contribution in [-0.2, 0) is 23.8 Å². The van der Waals surface area contributed by atoms with Crippen LogP contribution in [0.4, 0.5) is 4.79 Å². The zero-order valence-electron chi connectivity index (χ0n) is 10.9. The summed E-state index contributed by atoms with van der Waals surface area (Å²) in [5.74, 6) is 0. The van der Waals surface area contributed by atoms with Gasteiger partial charge in [0.2, 0.25) is 0 Å². The lowest BCUT2D eigenvalue weighted by Crippen LogP contribution is -2.46. The van der Waals surface area contributed by atoms with Gasteiger partial charge in [-0.25, -0.2) is 4.79 Å². The third kappa shape index (κ3) is 5.65. The molecule has 0 radical (unpaired) electrons. The molecule has 0 aliphatic carbocycles. The van der Waals surface area contributed by atoms with E-state index in [9.17, 15) is 13.2 Å². The predicted molar refractivity (Wildman–Crippen MR) is 63.7 cm³/mol. The van der Waals surface area contributed by atoms with Gasteiger partial charge in [-0.2, -0.15) is 8.42 Å². The fourth-order valence-electron chi connectivity index (χ4n) is 1.45. The van der Waals surface area contributed by atoms with E-state index in [1.807, 2.05) is 0 Å². The Labute approximate surface area is 107 Å². The van der Waals surface area contributed by atoms with Crippen molar-refractivity contribution in [1.82, 2.24) is 5.32 Å². The molecule has 1 fully saturated rings. The number of rotatable bonds is 3. The van der Waals surface area contributed by atoms with Gasteiger partial charge in [-0.15, -0.1) is 0 Å². The summed E-state index contributed by atoms with van der Waals surface area (Å²) in [4.78, 5) is 11.5. The molecular weight excluding hydrogens is 262 g/mol. The first-order chi connectivity index (χ1) is 8.07. The fraction of sp³-hybridized carbons (Fsp3) is 0.900. The highest BCUT2D eigenvalue weighted by Gasteiger charge is 2.34. The lowest BCUT2D eigenvalue weighted by Gasteiger charge is -2.23. The first kappa shape index (κ1) is 15.2. The molecule has 0 aromatic carbocycles. The molecule has 18 heavy (non-hydrogen) atoms. The van der Waals surface area contributed by atoms with Gasteiger partial charge in [0.1, 0.15) is 11.7 Å². The van der Waals surface area contributed by atoms with Crippen LogP contribution in [-0.4, -0.2) is 51.7 Å². The van der Waals surface area contributed by atoms with Crippen molar-refractivity contribution in [1.29, 1.82) is 0 Å². The smallest absolute Gasteiger partial charge is 0.408 e. The van der Waals surface area contributed by atoms with E-state index < -0.39 is 34.0 Å². The van der Waals surface area contributed by atoms with Crippen molar-refractivity contribution >= 4 is 16.2 Å². The van der Waals surface area contributed by atoms with E-state index >= 15 is 0 Å². The average Bonchev–Trinajstić information content (AvgIpc) is 2.45. The Hall–Kier alpha value is -0.860. The van der Waals surface area contributed by atoms with E-state index in [4.69, 9.17) is 13.7 Å². The van der Waals surface area contributed by atoms with E-state index in [0.717, 1.165) is 6.26 Å². The van der Waals surface area contributed by atoms with Crippen LogP contribution in [0.3, 0.4) is 0 Å². The van der Waals surface area contributed by atoms with Gasteiger partial charge in [-0.3, -0.25) is 4.18 Å². The van der Waals surface area contributed by atoms with E-state index in [0.29, 0.717) is 0 Å². The number of nitrogens with one attached hydrogen (secondary N) is 1. The molecule has 0 aromatic rings. The molecule has 0 bridgehead atoms. The maximum absolute atomic E-state index is 11.5. The first-order valence-electron chi connectivity index (χ1n) is 5.52. The Balaban J connectivity index is 2.53. The van der Waals surface area contributed by atoms with E-state index in [1.54, 1.807) is 20.8 Å². The SMILES string of the molecule is CC(C)(C)OC(=O)N[C@@H]1COC[C@H]1OS(C)(=O)=O. The van der Waals surface area contributed by atoms with Crippen molar-refractivity contribution in [3.8, 4) is 0 Å². The Bertz CT molecular complexity index is 399. The van der Waals surface area contributed by atoms with Gasteiger partial charge in [0.05, 0.1) is 25.5 Å². The van der Waals surface area contributed by atoms with Crippen molar-refractivity contribution in [3.63, 3.8) is 0 Å². The molecule has 1 aliphatic rings. The molecule has 0 unspecified atom stereocenters. The van der Waals surface area contributed by atoms with Gasteiger partial charge >= 0.3 is 6.09 Å². The van der Waals surface area contributed by atoms with Crippen LogP contribution in [0.5, 0.6) is 0 Å². The maximum atomic E-state index is 11.5. The summed E-state index contributed by atoms with van der Waals surface area (Å²) in [5.41, 5.74) is -0.614. The fourth-order valence-corrected chi connectivity index (χ4v) is 2.09. The van der Waals surface area contributed by atoms with Crippen LogP contribution in [0, 0.1) is 0 Å². The van der Waals surface area contributed by atoms with Crippen molar-refractivity contribution in [2.75, 3.05) is 19.5 Å². The van der Waals surface area contributed by atoms with Gasteiger partial charge in [-0.1, -0.05) is 0 Å². The molecule has 1 saturated heterocycles. The number of carbonyl (C=O) groups excluding carboxylic acids is 1. The maximum Gasteiger partial charge on any atom is 0.408 e. The summed E-state index contributed by atoms with van der Waals surface area (Å²) in [7, 11) is -3.58. The zero-order valence-corrected chi connectivity index (χ0v) is 11.7. The number of amides is 1. The highest BCUT2D eigenvalue weighted by atomic mass is 32.2. The average molecular weight is 281 g/mol. The highest BCUT2D eigenvalue weighted by Crippen LogP contribution is 2.13. The van der Waals surface area contributed by atoms with Crippen LogP contribution in [0.1, 0.15) is 20.8 Å². The summed E-state index contributed by atoms with van der Waals surface area (Å²) >= 11 is 0. The second-order valence-corrected chi connectivity index (χ2v) is 6.73. The van der Waals surface area contributed by atoms with Gasteiger partial charge in [0, 0.05) is 0 Å². The number of ether oxygens (including phenoxy) is 2. The minimum atomic E-state index is -3.58. The third-order valence-electron chi connectivity index (χ3n) is 2.03. The third-order valence-corrected chi connectivity index (χ3v) is 2.63. The zero-order chi connectivity index (χ0) is 14.0. The molecule has 1 amide bonds. The van der Waals surface area contributed by atoms with Crippen molar-refractivity contribution in [2.45, 2.75) is 38.5 Å². The number of alkyl carbamates (subject to hydrolysis) is 1. The summed E-state index contributed by atoms with van der Waals surface area (Å²) < 4.78 is 37.0. The summed E-state index contributed by atoms with van der Waals surface area (Å²) in [6, 6.07) is -0.533. The summed E-state index contributed by atoms with van der Waals surface area (Å²) in [5, 5.41) is 2.53. The Morgan fingerprint density at radius 2 is 1.94 bits per heavy atom. The van der Waals surface area contributed by atoms with E-state index in [-0.39, 0.29) is 13.2 Å². The van der Waals surface area contributed by atoms with Crippen LogP contribution >= 0.6 is 0 Å². The molecule has 0 spiro atoms. The quantitative estimate of drug-likeness (QED) is 0.746. The molecule has 0 saturated carbocycles. The highest BCUT2D eigenvalue weighted by molar-refractivity contribution is 7.86. The van der Waals surface area contributed by atoms with Crippen LogP contribution in [0.25, 0.3) is 0 Å². The molecule has 8 heteroatoms. The second-order valence-electron chi connectivity index (χ2n) is 5.13. The van der Waals surface area contributed by atoms with Gasteiger partial charge in [0.15, 0.2) is 0 Å². The summed E-state index contributed by atoms with van der Waals surface area (Å²) in [6.07, 6.45) is -0.386. The minimum absolute atomic E-state index is 0.119. The van der Waals surface area contributed by atoms with Gasteiger partial charge in [0.25, 0.3) is 10.1 Å². The monoisotopic (exact) mass is 281 g/mol. The molecule has 1 rings (SSSR count). The second kappa shape index (κ2) is 5.41. The Morgan fingerprint density at radius 3 is 2.44 bits per heavy atom. The van der Waals surface area contributed by atoms with Crippen molar-refractivity contribution in [2.24, 2.45) is 0 Å². The largest absolute Gasteiger partial charge is 0.444 e. The van der Waals surface area contributed by atoms with Gasteiger partial charge < -0.3 is 14.8 Å². The molecule has 1 aliphatic heterocycles. The molecule has 2 atom stereocenters. The molecular formula is C10H19NO6S. The number of hydrogen-bond acceptors (Lipinski definition) is 6. The Kier molecular flexibility index (Phi) is 4.57. The molecule has 1 heterocycles. The van der Waals surface area contributed by atoms with E-state index in [2.05, 4.69) is 5.32 Å². The predicted octanol–water partition coefficient (Wildman–Crippen LogP) is 0.255. The minimum Gasteiger partial charge on any atom is -0.444 e. The van der Waals surface area contributed by atoms with Gasteiger partial charge in [-0.05, 0) is 20.8 Å². The van der Waals surface area contributed by atoms with Crippen LogP contribution < -0.4 is 5.32 Å². The summed E-state index contributed by atoms with van der Waals surface area (Å²) in [6.45, 7) is 5.53. The van der Waals surface area contributed by atoms with Crippen LogP contribution in [0.2, 0.25) is 0 Å². The van der Waals surface area contributed by atoms with Crippen molar-refractivity contribution < 1.29 is 26.9 Å². The molecule has 0 aromatic heterocycles. The lowest BCUT2D eigenvalue weighted by atomic mass is 10.2. The molecule has 7 nitrogen and oxygen atoms in total. The Morgan fingerprint density at radius 1 is 1.33 bits per heavy atom. The molecule has 106 valence electrons. The van der Waals surface area contributed by atoms with Crippen LogP contribution in [0.15, 0.2) is 0 Å². The normalized spacial score (nSPS) is 24.9. The molecule has 1 N–H and O–H groups in total. The standard InChI is InChI=1S/C10H19NO6S/c1-10(2,3)16-9(12)11-7-5-15-6-8(7)17-18(4,13)14/h7-8H,5-6H2,1-4H3,(H,11,12)/t7-,8-/m1/s1. The number of carbonyl (C=O) groups is 1. The van der Waals surface area contributed by atoms with Crippen molar-refractivity contribution in [3.05, 3.63) is 0 Å².